The Labute approximate surface area is 184 Å². The second-order valence-corrected chi connectivity index (χ2v) is 15.9. The van der Waals surface area contributed by atoms with Gasteiger partial charge >= 0.3 is 17.9 Å². The average molecular weight is 455 g/mol. The number of ether oxygens (including phenoxy) is 3. The van der Waals surface area contributed by atoms with Crippen LogP contribution in [0.4, 0.5) is 0 Å². The van der Waals surface area contributed by atoms with E-state index in [1.807, 2.05) is 6.92 Å². The van der Waals surface area contributed by atoms with E-state index >= 15 is 0 Å². The summed E-state index contributed by atoms with van der Waals surface area (Å²) in [6.07, 6.45) is 1.75. The highest BCUT2D eigenvalue weighted by molar-refractivity contribution is 6.57. The third-order valence-electron chi connectivity index (χ3n) is 6.07. The Balaban J connectivity index is 2.12. The van der Waals surface area contributed by atoms with Crippen LogP contribution in [0.5, 0.6) is 0 Å². The van der Waals surface area contributed by atoms with E-state index in [4.69, 9.17) is 14.2 Å². The molecule has 6 nitrogen and oxygen atoms in total. The standard InChI is InChI=1S/C22H38O6Si2/c1-14-9-8-10-26-18(14)17-16(19(23)28-20(17)24)11-22(2,3)21(25)27-15(12-29(4)5)13-30(6)7/h14-18H,8-13H2,1-7H3. The molecule has 8 heteroatoms. The van der Waals surface area contributed by atoms with Crippen LogP contribution in [0.1, 0.15) is 40.0 Å². The maximum Gasteiger partial charge on any atom is 0.320 e. The van der Waals surface area contributed by atoms with Crippen molar-refractivity contribution in [1.82, 2.24) is 0 Å². The van der Waals surface area contributed by atoms with E-state index in [1.165, 1.54) is 0 Å². The summed E-state index contributed by atoms with van der Waals surface area (Å²) >= 11 is 0. The van der Waals surface area contributed by atoms with Crippen LogP contribution >= 0.6 is 0 Å². The third kappa shape index (κ3) is 6.50. The Hall–Kier alpha value is -0.996. The van der Waals surface area contributed by atoms with Crippen molar-refractivity contribution in [3.8, 4) is 0 Å². The smallest absolute Gasteiger partial charge is 0.320 e. The molecule has 0 bridgehead atoms. The third-order valence-corrected chi connectivity index (χ3v) is 8.61. The second-order valence-electron chi connectivity index (χ2n) is 10.3. The van der Waals surface area contributed by atoms with Gasteiger partial charge in [0.05, 0.1) is 29.5 Å². The molecule has 0 aromatic carbocycles. The number of carbonyl (C=O) groups excluding carboxylic acids is 3. The van der Waals surface area contributed by atoms with Crippen molar-refractivity contribution in [3.63, 3.8) is 0 Å². The first kappa shape index (κ1) is 25.3. The van der Waals surface area contributed by atoms with Gasteiger partial charge in [0.2, 0.25) is 0 Å². The van der Waals surface area contributed by atoms with Gasteiger partial charge in [-0.15, -0.1) is 0 Å². The SMILES string of the molecule is CC1CCCOC1C1C(=O)OC(=O)C1CC(C)(C)C(=O)OC(C[Si](C)C)C[Si](C)C. The summed E-state index contributed by atoms with van der Waals surface area (Å²) in [6, 6.07) is 1.87. The van der Waals surface area contributed by atoms with Gasteiger partial charge in [0, 0.05) is 24.2 Å². The highest BCUT2D eigenvalue weighted by Gasteiger charge is 2.53. The van der Waals surface area contributed by atoms with Gasteiger partial charge in [0.25, 0.3) is 0 Å². The molecule has 0 aliphatic carbocycles. The summed E-state index contributed by atoms with van der Waals surface area (Å²) in [5, 5.41) is 0. The zero-order valence-electron chi connectivity index (χ0n) is 19.6. The minimum Gasteiger partial charge on any atom is -0.463 e. The maximum absolute atomic E-state index is 13.1. The number of hydrogen-bond donors (Lipinski definition) is 0. The fourth-order valence-corrected chi connectivity index (χ4v) is 7.11. The Morgan fingerprint density at radius 3 is 2.27 bits per heavy atom. The monoisotopic (exact) mass is 454 g/mol. The quantitative estimate of drug-likeness (QED) is 0.298. The summed E-state index contributed by atoms with van der Waals surface area (Å²) in [4.78, 5) is 38.1. The summed E-state index contributed by atoms with van der Waals surface area (Å²) < 4.78 is 16.8. The van der Waals surface area contributed by atoms with Crippen molar-refractivity contribution in [2.24, 2.45) is 23.2 Å². The van der Waals surface area contributed by atoms with Crippen molar-refractivity contribution < 1.29 is 28.6 Å². The molecule has 2 radical (unpaired) electrons. The second kappa shape index (κ2) is 10.5. The van der Waals surface area contributed by atoms with Gasteiger partial charge in [0.1, 0.15) is 0 Å². The fourth-order valence-electron chi connectivity index (χ4n) is 4.55. The first-order chi connectivity index (χ1) is 13.9. The number of esters is 3. The van der Waals surface area contributed by atoms with Crippen LogP contribution in [0.3, 0.4) is 0 Å². The maximum atomic E-state index is 13.1. The van der Waals surface area contributed by atoms with Gasteiger partial charge in [-0.05, 0) is 51.1 Å². The van der Waals surface area contributed by atoms with E-state index in [2.05, 4.69) is 26.2 Å². The number of rotatable bonds is 9. The number of hydrogen-bond acceptors (Lipinski definition) is 6. The van der Waals surface area contributed by atoms with E-state index in [1.54, 1.807) is 13.8 Å². The van der Waals surface area contributed by atoms with Gasteiger partial charge in [0.15, 0.2) is 0 Å². The molecule has 2 fully saturated rings. The van der Waals surface area contributed by atoms with Crippen LogP contribution in [0.25, 0.3) is 0 Å². The molecule has 0 N–H and O–H groups in total. The van der Waals surface area contributed by atoms with Crippen molar-refractivity contribution in [2.75, 3.05) is 6.61 Å². The highest BCUT2D eigenvalue weighted by atomic mass is 28.3. The average Bonchev–Trinajstić information content (AvgIpc) is 2.87. The molecule has 0 aromatic rings. The Kier molecular flexibility index (Phi) is 8.88. The first-order valence-corrected chi connectivity index (χ1v) is 16.5. The van der Waals surface area contributed by atoms with Crippen molar-refractivity contribution in [1.29, 1.82) is 0 Å². The van der Waals surface area contributed by atoms with Crippen molar-refractivity contribution in [2.45, 2.75) is 90.5 Å². The van der Waals surface area contributed by atoms with Crippen molar-refractivity contribution >= 4 is 35.5 Å². The molecule has 4 atom stereocenters. The summed E-state index contributed by atoms with van der Waals surface area (Å²) in [5.41, 5.74) is -0.883. The lowest BCUT2D eigenvalue weighted by Gasteiger charge is -2.35. The molecule has 2 aliphatic rings. The normalized spacial score (nSPS) is 27.8. The van der Waals surface area contributed by atoms with Crippen LogP contribution in [0, 0.1) is 23.2 Å². The molecular weight excluding hydrogens is 416 g/mol. The molecule has 170 valence electrons. The number of cyclic esters (lactones) is 2. The summed E-state index contributed by atoms with van der Waals surface area (Å²) in [5.74, 6) is -2.48. The van der Waals surface area contributed by atoms with Crippen LogP contribution in [-0.4, -0.2) is 54.3 Å². The first-order valence-electron chi connectivity index (χ1n) is 11.1. The Morgan fingerprint density at radius 1 is 1.13 bits per heavy atom. The van der Waals surface area contributed by atoms with Gasteiger partial charge in [-0.1, -0.05) is 33.1 Å². The molecule has 0 amide bonds. The lowest BCUT2D eigenvalue weighted by Crippen LogP contribution is -2.42. The van der Waals surface area contributed by atoms with Crippen LogP contribution < -0.4 is 0 Å². The molecule has 0 aromatic heterocycles. The molecule has 4 unspecified atom stereocenters. The Morgan fingerprint density at radius 2 is 1.73 bits per heavy atom. The van der Waals surface area contributed by atoms with Crippen molar-refractivity contribution in [3.05, 3.63) is 0 Å². The molecule has 30 heavy (non-hydrogen) atoms. The van der Waals surface area contributed by atoms with Crippen LogP contribution in [0.2, 0.25) is 38.3 Å². The topological polar surface area (TPSA) is 78.9 Å². The summed E-state index contributed by atoms with van der Waals surface area (Å²) in [7, 11) is -1.06. The molecule has 2 aliphatic heterocycles. The minimum absolute atomic E-state index is 0.0563. The van der Waals surface area contributed by atoms with Gasteiger partial charge in [-0.2, -0.15) is 0 Å². The molecule has 0 saturated carbocycles. The predicted octanol–water partition coefficient (Wildman–Crippen LogP) is 3.95. The molecule has 2 rings (SSSR count). The molecular formula is C22H38O6Si2. The number of carbonyl (C=O) groups is 3. The molecule has 2 saturated heterocycles. The summed E-state index contributed by atoms with van der Waals surface area (Å²) in [6.45, 7) is 15.1. The zero-order chi connectivity index (χ0) is 22.6. The fraction of sp³-hybridized carbons (Fsp3) is 0.864. The van der Waals surface area contributed by atoms with E-state index in [9.17, 15) is 14.4 Å². The highest BCUT2D eigenvalue weighted by Crippen LogP contribution is 2.41. The Bertz CT molecular complexity index is 623. The van der Waals surface area contributed by atoms with Gasteiger partial charge < -0.3 is 14.2 Å². The lowest BCUT2D eigenvalue weighted by molar-refractivity contribution is -0.160. The van der Waals surface area contributed by atoms with Gasteiger partial charge in [-0.25, -0.2) is 0 Å². The molecule has 0 spiro atoms. The van der Waals surface area contributed by atoms with E-state index in [0.29, 0.717) is 6.61 Å². The van der Waals surface area contributed by atoms with Crippen LogP contribution in [-0.2, 0) is 28.6 Å². The predicted molar refractivity (Wildman–Crippen MR) is 119 cm³/mol. The lowest BCUT2D eigenvalue weighted by atomic mass is 9.74. The largest absolute Gasteiger partial charge is 0.463 e. The molecule has 2 heterocycles. The van der Waals surface area contributed by atoms with E-state index < -0.39 is 46.8 Å². The zero-order valence-corrected chi connectivity index (χ0v) is 21.6. The van der Waals surface area contributed by atoms with E-state index in [-0.39, 0.29) is 30.5 Å². The van der Waals surface area contributed by atoms with Gasteiger partial charge in [-0.3, -0.25) is 14.4 Å². The minimum atomic E-state index is -0.883. The van der Waals surface area contributed by atoms with Crippen LogP contribution in [0.15, 0.2) is 0 Å². The van der Waals surface area contributed by atoms with E-state index in [0.717, 1.165) is 24.9 Å².